The van der Waals surface area contributed by atoms with Crippen LogP contribution in [0, 0.1) is 11.2 Å². The maximum atomic E-state index is 13.5. The molecular weight excluding hydrogens is 497 g/mol. The minimum atomic E-state index is -3.67. The van der Waals surface area contributed by atoms with Crippen LogP contribution >= 0.6 is 0 Å². The van der Waals surface area contributed by atoms with Gasteiger partial charge in [-0.3, -0.25) is 0 Å². The first-order valence-electron chi connectivity index (χ1n) is 12.3. The molecule has 1 fully saturated rings. The largest absolute Gasteiger partial charge is 0.416 e. The van der Waals surface area contributed by atoms with Crippen LogP contribution in [0.4, 0.5) is 4.39 Å². The van der Waals surface area contributed by atoms with Crippen LogP contribution in [0.1, 0.15) is 51.3 Å². The molecule has 4 rings (SSSR count). The predicted octanol–water partition coefficient (Wildman–Crippen LogP) is 5.12. The molecule has 0 amide bonds. The van der Waals surface area contributed by atoms with E-state index in [0.29, 0.717) is 25.9 Å². The fraction of sp³-hybridized carbons (Fsp3) is 0.538. The number of benzene rings is 1. The van der Waals surface area contributed by atoms with Gasteiger partial charge in [0.15, 0.2) is 15.0 Å². The number of rotatable bonds is 7. The Bertz CT molecular complexity index is 1300. The molecule has 196 valence electrons. The van der Waals surface area contributed by atoms with Crippen LogP contribution in [0.2, 0.25) is 18.1 Å². The third kappa shape index (κ3) is 5.35. The van der Waals surface area contributed by atoms with Gasteiger partial charge in [-0.05, 0) is 71.6 Å². The van der Waals surface area contributed by atoms with E-state index in [4.69, 9.17) is 8.71 Å². The van der Waals surface area contributed by atoms with Crippen LogP contribution in [-0.2, 0) is 25.2 Å². The van der Waals surface area contributed by atoms with Crippen molar-refractivity contribution in [3.8, 4) is 5.69 Å². The first-order chi connectivity index (χ1) is 16.6. The molecule has 1 aromatic heterocycles. The van der Waals surface area contributed by atoms with Gasteiger partial charge in [-0.25, -0.2) is 9.07 Å². The van der Waals surface area contributed by atoms with Crippen LogP contribution in [0.5, 0.6) is 0 Å². The van der Waals surface area contributed by atoms with E-state index in [1.54, 1.807) is 12.1 Å². The summed E-state index contributed by atoms with van der Waals surface area (Å²) in [5, 5.41) is 4.69. The lowest BCUT2D eigenvalue weighted by molar-refractivity contribution is -0.767. The Kier molecular flexibility index (Phi) is 6.85. The van der Waals surface area contributed by atoms with Crippen molar-refractivity contribution in [2.24, 2.45) is 5.41 Å². The average molecular weight is 535 g/mol. The van der Waals surface area contributed by atoms with Gasteiger partial charge in [0.05, 0.1) is 23.8 Å². The van der Waals surface area contributed by atoms with Gasteiger partial charge >= 0.3 is 10.1 Å². The second kappa shape index (κ2) is 9.22. The molecule has 0 aliphatic heterocycles. The van der Waals surface area contributed by atoms with Gasteiger partial charge in [-0.15, -0.1) is 4.28 Å². The molecule has 2 aromatic rings. The predicted molar refractivity (Wildman–Crippen MR) is 142 cm³/mol. The number of hydroxylamine groups is 1. The number of fused-ring (bicyclic) bond motifs is 2. The smallest absolute Gasteiger partial charge is 0.363 e. The zero-order valence-corrected chi connectivity index (χ0v) is 23.9. The summed E-state index contributed by atoms with van der Waals surface area (Å²) in [5.41, 5.74) is 3.83. The summed E-state index contributed by atoms with van der Waals surface area (Å²) in [6, 6.07) is 6.15. The molecule has 36 heavy (non-hydrogen) atoms. The quantitative estimate of drug-likeness (QED) is 0.213. The van der Waals surface area contributed by atoms with Gasteiger partial charge in [-0.2, -0.15) is 13.5 Å². The van der Waals surface area contributed by atoms with Crippen molar-refractivity contribution in [3.05, 3.63) is 53.1 Å². The van der Waals surface area contributed by atoms with Crippen LogP contribution in [0.3, 0.4) is 0 Å². The van der Waals surface area contributed by atoms with Crippen LogP contribution in [-0.4, -0.2) is 56.9 Å². The standard InChI is InChI=1S/C26H37FN3O4SSi/c1-25(2,3)36(6,7)33-18-26-15-19-17-28-30(22-12-9-21(27)10-13-22)24(19)14-20(26)8-11-23(16-26)29(4)34-35(5,31)32/h9-10,12-14,17,23H,4,8,11,15-16,18H2,1-3,5-7H3/q+1/t23-,26+/m0/s1. The summed E-state index contributed by atoms with van der Waals surface area (Å²) in [7, 11) is -5.71. The molecule has 7 nitrogen and oxygen atoms in total. The topological polar surface area (TPSA) is 73.4 Å². The molecule has 2 aliphatic rings. The van der Waals surface area contributed by atoms with E-state index in [9.17, 15) is 12.8 Å². The third-order valence-electron chi connectivity index (χ3n) is 8.01. The van der Waals surface area contributed by atoms with Crippen LogP contribution in [0.25, 0.3) is 11.8 Å². The second-order valence-electron chi connectivity index (χ2n) is 11.7. The maximum absolute atomic E-state index is 13.5. The van der Waals surface area contributed by atoms with Crippen molar-refractivity contribution < 1.29 is 26.3 Å². The Morgan fingerprint density at radius 2 is 1.94 bits per heavy atom. The van der Waals surface area contributed by atoms with E-state index in [0.717, 1.165) is 29.6 Å². The van der Waals surface area contributed by atoms with E-state index < -0.39 is 18.4 Å². The lowest BCUT2D eigenvalue weighted by atomic mass is 9.63. The van der Waals surface area contributed by atoms with Crippen molar-refractivity contribution in [2.75, 3.05) is 12.9 Å². The van der Waals surface area contributed by atoms with E-state index in [1.807, 2.05) is 10.9 Å². The molecule has 0 N–H and O–H groups in total. The normalized spacial score (nSPS) is 22.4. The molecule has 2 atom stereocenters. The Hall–Kier alpha value is -2.30. The molecule has 0 spiro atoms. The lowest BCUT2D eigenvalue weighted by Gasteiger charge is -2.46. The minimum Gasteiger partial charge on any atom is -0.416 e. The first-order valence-corrected chi connectivity index (χ1v) is 17.0. The molecule has 1 heterocycles. The molecule has 10 heteroatoms. The lowest BCUT2D eigenvalue weighted by Crippen LogP contribution is -2.49. The van der Waals surface area contributed by atoms with Crippen molar-refractivity contribution in [2.45, 2.75) is 70.6 Å². The highest BCUT2D eigenvalue weighted by Gasteiger charge is 2.49. The summed E-state index contributed by atoms with van der Waals surface area (Å²) in [6.45, 7) is 15.6. The number of hydrogen-bond donors (Lipinski definition) is 0. The van der Waals surface area contributed by atoms with Crippen molar-refractivity contribution in [3.63, 3.8) is 0 Å². The van der Waals surface area contributed by atoms with E-state index in [2.05, 4.69) is 51.8 Å². The SMILES string of the molecule is C=[N+](OS(C)(=O)=O)[C@H]1CCC2=Cc3c(cnn3-c3ccc(F)cc3)C[C@]2(CO[Si](C)(C)C(C)(C)C)C1. The van der Waals surface area contributed by atoms with Crippen LogP contribution < -0.4 is 0 Å². The van der Waals surface area contributed by atoms with Gasteiger partial charge in [0.1, 0.15) is 5.82 Å². The Labute approximate surface area is 214 Å². The van der Waals surface area contributed by atoms with Gasteiger partial charge < -0.3 is 4.43 Å². The van der Waals surface area contributed by atoms with Crippen molar-refractivity contribution in [1.29, 1.82) is 0 Å². The fourth-order valence-electron chi connectivity index (χ4n) is 4.90. The molecule has 0 unspecified atom stereocenters. The molecule has 0 saturated heterocycles. The average Bonchev–Trinajstić information content (AvgIpc) is 3.16. The van der Waals surface area contributed by atoms with E-state index >= 15 is 0 Å². The third-order valence-corrected chi connectivity index (χ3v) is 12.9. The second-order valence-corrected chi connectivity index (χ2v) is 18.1. The Morgan fingerprint density at radius 3 is 2.56 bits per heavy atom. The summed E-state index contributed by atoms with van der Waals surface area (Å²) < 4.78 is 52.0. The molecular formula is C26H37FN3O4SSi+. The van der Waals surface area contributed by atoms with E-state index in [-0.39, 0.29) is 22.3 Å². The molecule has 0 bridgehead atoms. The molecule has 1 saturated carbocycles. The Morgan fingerprint density at radius 1 is 1.28 bits per heavy atom. The summed E-state index contributed by atoms with van der Waals surface area (Å²) in [6.07, 6.45) is 7.96. The molecule has 0 radical (unpaired) electrons. The summed E-state index contributed by atoms with van der Waals surface area (Å²) >= 11 is 0. The summed E-state index contributed by atoms with van der Waals surface area (Å²) in [4.78, 5) is 0. The zero-order chi connectivity index (χ0) is 26.5. The highest BCUT2D eigenvalue weighted by atomic mass is 32.2. The maximum Gasteiger partial charge on any atom is 0.363 e. The van der Waals surface area contributed by atoms with E-state index in [1.165, 1.54) is 22.4 Å². The molecule has 2 aliphatic carbocycles. The monoisotopic (exact) mass is 534 g/mol. The van der Waals surface area contributed by atoms with Gasteiger partial charge in [-0.1, -0.05) is 26.3 Å². The van der Waals surface area contributed by atoms with Gasteiger partial charge in [0, 0.05) is 24.9 Å². The Balaban J connectivity index is 1.70. The number of halogens is 1. The van der Waals surface area contributed by atoms with Crippen molar-refractivity contribution >= 4 is 31.2 Å². The highest BCUT2D eigenvalue weighted by Crippen LogP contribution is 2.50. The fourth-order valence-corrected chi connectivity index (χ4v) is 6.44. The van der Waals surface area contributed by atoms with Gasteiger partial charge in [0.2, 0.25) is 6.04 Å². The number of nitrogens with zero attached hydrogens (tertiary/aromatic N) is 3. The zero-order valence-electron chi connectivity index (χ0n) is 22.0. The molecule has 1 aromatic carbocycles. The first kappa shape index (κ1) is 26.8. The summed E-state index contributed by atoms with van der Waals surface area (Å²) in [5.74, 6) is -0.285. The minimum absolute atomic E-state index is 0.0621. The number of hydrogen-bond acceptors (Lipinski definition) is 5. The van der Waals surface area contributed by atoms with Crippen molar-refractivity contribution in [1.82, 2.24) is 9.78 Å². The van der Waals surface area contributed by atoms with Gasteiger partial charge in [0.25, 0.3) is 0 Å². The number of aromatic nitrogens is 2. The van der Waals surface area contributed by atoms with Crippen LogP contribution in [0.15, 0.2) is 36.0 Å². The highest BCUT2D eigenvalue weighted by molar-refractivity contribution is 7.85.